The molecule has 3 aromatic heterocycles. The zero-order valence-corrected chi connectivity index (χ0v) is 19.7. The van der Waals surface area contributed by atoms with E-state index in [0.717, 1.165) is 12.3 Å². The van der Waals surface area contributed by atoms with Crippen LogP contribution >= 0.6 is 0 Å². The molecular formula is C26H21F3N6O2. The Balaban J connectivity index is 1.49. The molecule has 0 saturated carbocycles. The number of nitrogens with zero attached hydrogens (tertiary/aromatic N) is 6. The van der Waals surface area contributed by atoms with Crippen LogP contribution in [0.25, 0.3) is 33.3 Å². The lowest BCUT2D eigenvalue weighted by molar-refractivity contribution is -0.137. The van der Waals surface area contributed by atoms with Gasteiger partial charge >= 0.3 is 6.18 Å². The maximum Gasteiger partial charge on any atom is 0.417 e. The minimum Gasteiger partial charge on any atom is -0.339 e. The van der Waals surface area contributed by atoms with E-state index in [-0.39, 0.29) is 11.8 Å². The van der Waals surface area contributed by atoms with Crippen LogP contribution in [0.3, 0.4) is 0 Å². The number of carbonyl (C=O) groups is 2. The van der Waals surface area contributed by atoms with Crippen molar-refractivity contribution in [2.75, 3.05) is 26.2 Å². The summed E-state index contributed by atoms with van der Waals surface area (Å²) in [4.78, 5) is 44.7. The van der Waals surface area contributed by atoms with Gasteiger partial charge in [-0.25, -0.2) is 9.97 Å². The van der Waals surface area contributed by atoms with Crippen molar-refractivity contribution < 1.29 is 22.8 Å². The van der Waals surface area contributed by atoms with Crippen molar-refractivity contribution >= 4 is 22.7 Å². The third-order valence-corrected chi connectivity index (χ3v) is 6.31. The number of halogens is 3. The zero-order chi connectivity index (χ0) is 26.2. The monoisotopic (exact) mass is 506 g/mol. The molecule has 4 heterocycles. The quantitative estimate of drug-likeness (QED) is 0.416. The summed E-state index contributed by atoms with van der Waals surface area (Å²) in [7, 11) is 0. The minimum absolute atomic E-state index is 0.0216. The molecule has 37 heavy (non-hydrogen) atoms. The molecule has 0 bridgehead atoms. The molecular weight excluding hydrogens is 485 g/mol. The fourth-order valence-electron chi connectivity index (χ4n) is 4.31. The van der Waals surface area contributed by atoms with Gasteiger partial charge in [0, 0.05) is 74.4 Å². The number of hydrogen-bond donors (Lipinski definition) is 0. The van der Waals surface area contributed by atoms with Crippen LogP contribution in [0.15, 0.2) is 61.4 Å². The number of alkyl halides is 3. The molecule has 0 radical (unpaired) electrons. The molecule has 5 rings (SSSR count). The molecule has 188 valence electrons. The van der Waals surface area contributed by atoms with Crippen molar-refractivity contribution in [3.63, 3.8) is 0 Å². The Labute approximate surface area is 209 Å². The summed E-state index contributed by atoms with van der Waals surface area (Å²) in [6.07, 6.45) is 2.08. The van der Waals surface area contributed by atoms with E-state index in [1.807, 2.05) is 0 Å². The Morgan fingerprint density at radius 1 is 0.811 bits per heavy atom. The molecule has 8 nitrogen and oxygen atoms in total. The van der Waals surface area contributed by atoms with E-state index in [9.17, 15) is 22.8 Å². The SMILES string of the molecule is CC(=O)N1CCN(C(=O)c2cncc(-c3ncnc4ccc(-c5cncc(C(F)(F)F)c5)cc34)c2)CC1. The lowest BCUT2D eigenvalue weighted by atomic mass is 10.0. The van der Waals surface area contributed by atoms with Gasteiger partial charge in [-0.3, -0.25) is 19.6 Å². The number of hydrogen-bond acceptors (Lipinski definition) is 6. The second kappa shape index (κ2) is 9.57. The van der Waals surface area contributed by atoms with Crippen LogP contribution in [-0.2, 0) is 11.0 Å². The van der Waals surface area contributed by atoms with Gasteiger partial charge < -0.3 is 9.80 Å². The van der Waals surface area contributed by atoms with Gasteiger partial charge in [-0.1, -0.05) is 6.07 Å². The number of carbonyl (C=O) groups excluding carboxylic acids is 2. The Morgan fingerprint density at radius 3 is 2.24 bits per heavy atom. The molecule has 0 unspecified atom stereocenters. The van der Waals surface area contributed by atoms with E-state index in [4.69, 9.17) is 0 Å². The highest BCUT2D eigenvalue weighted by Gasteiger charge is 2.31. The average molecular weight is 506 g/mol. The Hall–Kier alpha value is -4.41. The molecule has 1 aliphatic rings. The standard InChI is InChI=1S/C26H21F3N6O2/c1-16(36)34-4-6-35(7-5-34)25(37)20-8-19(12-30-13-20)24-22-10-17(2-3-23(22)32-15-33-24)18-9-21(14-31-11-18)26(27,28)29/h2-3,8-15H,4-7H2,1H3. The highest BCUT2D eigenvalue weighted by Crippen LogP contribution is 2.33. The van der Waals surface area contributed by atoms with Gasteiger partial charge in [-0.05, 0) is 29.8 Å². The smallest absolute Gasteiger partial charge is 0.339 e. The summed E-state index contributed by atoms with van der Waals surface area (Å²) < 4.78 is 39.6. The van der Waals surface area contributed by atoms with Crippen molar-refractivity contribution in [1.29, 1.82) is 0 Å². The number of fused-ring (bicyclic) bond motifs is 1. The molecule has 0 N–H and O–H groups in total. The van der Waals surface area contributed by atoms with Gasteiger partial charge in [-0.2, -0.15) is 13.2 Å². The van der Waals surface area contributed by atoms with E-state index in [1.165, 1.54) is 25.6 Å². The first kappa shape index (κ1) is 24.3. The van der Waals surface area contributed by atoms with E-state index in [2.05, 4.69) is 19.9 Å². The van der Waals surface area contributed by atoms with Crippen LogP contribution in [0.2, 0.25) is 0 Å². The first-order valence-electron chi connectivity index (χ1n) is 11.5. The second-order valence-corrected chi connectivity index (χ2v) is 8.67. The molecule has 0 aliphatic carbocycles. The lowest BCUT2D eigenvalue weighted by Crippen LogP contribution is -2.50. The van der Waals surface area contributed by atoms with Crippen LogP contribution in [-0.4, -0.2) is 67.7 Å². The number of pyridine rings is 2. The maximum atomic E-state index is 13.2. The predicted molar refractivity (Wildman–Crippen MR) is 129 cm³/mol. The molecule has 0 atom stereocenters. The third kappa shape index (κ3) is 4.97. The van der Waals surface area contributed by atoms with Gasteiger partial charge in [0.25, 0.3) is 5.91 Å². The zero-order valence-electron chi connectivity index (χ0n) is 19.7. The van der Waals surface area contributed by atoms with Gasteiger partial charge in [-0.15, -0.1) is 0 Å². The molecule has 0 spiro atoms. The number of piperazine rings is 1. The minimum atomic E-state index is -4.51. The first-order chi connectivity index (χ1) is 17.7. The summed E-state index contributed by atoms with van der Waals surface area (Å²) in [5, 5.41) is 0.596. The van der Waals surface area contributed by atoms with Gasteiger partial charge in [0.05, 0.1) is 22.3 Å². The fraction of sp³-hybridized carbons (Fsp3) is 0.231. The number of rotatable bonds is 3. The van der Waals surface area contributed by atoms with Crippen molar-refractivity contribution in [2.24, 2.45) is 0 Å². The number of amides is 2. The molecule has 11 heteroatoms. The van der Waals surface area contributed by atoms with Crippen LogP contribution in [0.4, 0.5) is 13.2 Å². The maximum absolute atomic E-state index is 13.2. The molecule has 1 fully saturated rings. The van der Waals surface area contributed by atoms with E-state index in [0.29, 0.717) is 65.0 Å². The first-order valence-corrected chi connectivity index (χ1v) is 11.5. The van der Waals surface area contributed by atoms with Crippen LogP contribution in [0.5, 0.6) is 0 Å². The number of benzene rings is 1. The molecule has 1 saturated heterocycles. The molecule has 2 amide bonds. The molecule has 1 aliphatic heterocycles. The average Bonchev–Trinajstić information content (AvgIpc) is 2.91. The molecule has 4 aromatic rings. The predicted octanol–water partition coefficient (Wildman–Crippen LogP) is 4.08. The van der Waals surface area contributed by atoms with Crippen LogP contribution in [0.1, 0.15) is 22.8 Å². The van der Waals surface area contributed by atoms with Gasteiger partial charge in [0.15, 0.2) is 0 Å². The molecule has 1 aromatic carbocycles. The Morgan fingerprint density at radius 2 is 1.51 bits per heavy atom. The third-order valence-electron chi connectivity index (χ3n) is 6.31. The summed E-state index contributed by atoms with van der Waals surface area (Å²) in [6.45, 7) is 3.29. The summed E-state index contributed by atoms with van der Waals surface area (Å²) in [5.74, 6) is -0.224. The largest absolute Gasteiger partial charge is 0.417 e. The normalized spacial score (nSPS) is 14.2. The van der Waals surface area contributed by atoms with Crippen LogP contribution < -0.4 is 0 Å². The number of aromatic nitrogens is 4. The summed E-state index contributed by atoms with van der Waals surface area (Å²) >= 11 is 0. The van der Waals surface area contributed by atoms with E-state index < -0.39 is 11.7 Å². The fourth-order valence-corrected chi connectivity index (χ4v) is 4.31. The summed E-state index contributed by atoms with van der Waals surface area (Å²) in [6, 6.07) is 7.82. The van der Waals surface area contributed by atoms with Crippen molar-refractivity contribution in [2.45, 2.75) is 13.1 Å². The van der Waals surface area contributed by atoms with E-state index in [1.54, 1.807) is 40.3 Å². The van der Waals surface area contributed by atoms with Gasteiger partial charge in [0.1, 0.15) is 6.33 Å². The van der Waals surface area contributed by atoms with Crippen molar-refractivity contribution in [1.82, 2.24) is 29.7 Å². The Kier molecular flexibility index (Phi) is 6.28. The highest BCUT2D eigenvalue weighted by molar-refractivity contribution is 5.98. The van der Waals surface area contributed by atoms with E-state index >= 15 is 0 Å². The lowest BCUT2D eigenvalue weighted by Gasteiger charge is -2.34. The van der Waals surface area contributed by atoms with Crippen LogP contribution in [0, 0.1) is 0 Å². The second-order valence-electron chi connectivity index (χ2n) is 8.67. The highest BCUT2D eigenvalue weighted by atomic mass is 19.4. The summed E-state index contributed by atoms with van der Waals surface area (Å²) in [5.41, 5.74) is 2.01. The van der Waals surface area contributed by atoms with Crippen molar-refractivity contribution in [3.05, 3.63) is 72.6 Å². The van der Waals surface area contributed by atoms with Gasteiger partial charge in [0.2, 0.25) is 5.91 Å². The topological polar surface area (TPSA) is 92.2 Å². The van der Waals surface area contributed by atoms with Crippen molar-refractivity contribution in [3.8, 4) is 22.4 Å². The Bertz CT molecular complexity index is 1500.